The van der Waals surface area contributed by atoms with Crippen molar-refractivity contribution in [2.24, 2.45) is 4.99 Å². The molecule has 9 heteroatoms. The number of esters is 1. The number of hydrogen-bond donors (Lipinski definition) is 2. The molecule has 0 saturated heterocycles. The quantitative estimate of drug-likeness (QED) is 0.273. The van der Waals surface area contributed by atoms with Crippen LogP contribution in [0, 0.1) is 0 Å². The van der Waals surface area contributed by atoms with E-state index in [1.54, 1.807) is 13.1 Å². The largest absolute Gasteiger partial charge is 0.469 e. The highest BCUT2D eigenvalue weighted by Gasteiger charge is 2.40. The van der Waals surface area contributed by atoms with Crippen molar-refractivity contribution in [1.82, 2.24) is 10.6 Å². The molecule has 0 aliphatic heterocycles. The molecular weight excluding hydrogens is 474 g/mol. The molecule has 0 aromatic heterocycles. The maximum Gasteiger partial charge on any atom is 0.416 e. The van der Waals surface area contributed by atoms with Crippen molar-refractivity contribution in [3.8, 4) is 0 Å². The number of nitrogens with one attached hydrogen (secondary N) is 2. The Morgan fingerprint density at radius 2 is 2.00 bits per heavy atom. The number of halogens is 4. The summed E-state index contributed by atoms with van der Waals surface area (Å²) >= 11 is 0. The Bertz CT molecular complexity index is 661. The smallest absolute Gasteiger partial charge is 0.416 e. The second kappa shape index (κ2) is 10.1. The normalized spacial score (nSPS) is 16.0. The Labute approximate surface area is 174 Å². The van der Waals surface area contributed by atoms with Gasteiger partial charge in [0, 0.05) is 25.6 Å². The lowest BCUT2D eigenvalue weighted by molar-refractivity contribution is -0.140. The van der Waals surface area contributed by atoms with Gasteiger partial charge in [-0.15, -0.1) is 24.0 Å². The molecule has 1 aromatic rings. The molecule has 0 spiro atoms. The number of carbonyl (C=O) groups excluding carboxylic acids is 1. The molecule has 0 atom stereocenters. The Kier molecular flexibility index (Phi) is 8.83. The summed E-state index contributed by atoms with van der Waals surface area (Å²) in [5.41, 5.74) is -0.265. The molecule has 0 unspecified atom stereocenters. The topological polar surface area (TPSA) is 62.7 Å². The van der Waals surface area contributed by atoms with Gasteiger partial charge < -0.3 is 15.4 Å². The van der Waals surface area contributed by atoms with Crippen molar-refractivity contribution in [1.29, 1.82) is 0 Å². The number of rotatable bonds is 6. The molecule has 5 nitrogen and oxygen atoms in total. The molecule has 1 aromatic carbocycles. The number of hydrogen-bond acceptors (Lipinski definition) is 3. The lowest BCUT2D eigenvalue weighted by atomic mass is 9.64. The van der Waals surface area contributed by atoms with Gasteiger partial charge in [-0.1, -0.05) is 24.6 Å². The van der Waals surface area contributed by atoms with Crippen LogP contribution in [0.1, 0.15) is 36.8 Å². The molecule has 0 heterocycles. The van der Waals surface area contributed by atoms with Gasteiger partial charge in [-0.25, -0.2) is 0 Å². The number of benzene rings is 1. The predicted octanol–water partition coefficient (Wildman–Crippen LogP) is 3.47. The maximum absolute atomic E-state index is 13.0. The third-order valence-electron chi connectivity index (χ3n) is 4.78. The Morgan fingerprint density at radius 1 is 1.30 bits per heavy atom. The highest BCUT2D eigenvalue weighted by molar-refractivity contribution is 14.0. The second-order valence-corrected chi connectivity index (χ2v) is 6.39. The number of carbonyl (C=O) groups is 1. The van der Waals surface area contributed by atoms with E-state index >= 15 is 0 Å². The van der Waals surface area contributed by atoms with Gasteiger partial charge in [0.15, 0.2) is 5.96 Å². The first kappa shape index (κ1) is 23.5. The van der Waals surface area contributed by atoms with Crippen LogP contribution in [0.5, 0.6) is 0 Å². The first-order valence-corrected chi connectivity index (χ1v) is 8.50. The molecule has 1 aliphatic carbocycles. The van der Waals surface area contributed by atoms with Crippen molar-refractivity contribution < 1.29 is 22.7 Å². The SMILES string of the molecule is CN=C(NCCC(=O)OC)NCC1(c2cccc(C(F)(F)F)c2)CCC1.I. The highest BCUT2D eigenvalue weighted by atomic mass is 127. The molecular formula is C18H25F3IN3O2. The van der Waals surface area contributed by atoms with Crippen molar-refractivity contribution in [2.45, 2.75) is 37.3 Å². The van der Waals surface area contributed by atoms with Crippen LogP contribution in [-0.2, 0) is 21.1 Å². The van der Waals surface area contributed by atoms with E-state index in [-0.39, 0.29) is 41.8 Å². The fraction of sp³-hybridized carbons (Fsp3) is 0.556. The third kappa shape index (κ3) is 6.25. The van der Waals surface area contributed by atoms with E-state index in [9.17, 15) is 18.0 Å². The van der Waals surface area contributed by atoms with Crippen LogP contribution in [0.3, 0.4) is 0 Å². The van der Waals surface area contributed by atoms with Gasteiger partial charge in [0.25, 0.3) is 0 Å². The average molecular weight is 499 g/mol. The van der Waals surface area contributed by atoms with Crippen LogP contribution >= 0.6 is 24.0 Å². The van der Waals surface area contributed by atoms with Gasteiger partial charge in [0.2, 0.25) is 0 Å². The lowest BCUT2D eigenvalue weighted by Gasteiger charge is -2.43. The minimum Gasteiger partial charge on any atom is -0.469 e. The second-order valence-electron chi connectivity index (χ2n) is 6.39. The van der Waals surface area contributed by atoms with E-state index in [1.807, 2.05) is 0 Å². The van der Waals surface area contributed by atoms with Crippen LogP contribution in [0.25, 0.3) is 0 Å². The molecule has 1 saturated carbocycles. The molecule has 0 radical (unpaired) electrons. The summed E-state index contributed by atoms with van der Waals surface area (Å²) in [4.78, 5) is 15.2. The molecule has 152 valence electrons. The Morgan fingerprint density at radius 3 is 2.52 bits per heavy atom. The van der Waals surface area contributed by atoms with Crippen molar-refractivity contribution in [2.75, 3.05) is 27.2 Å². The van der Waals surface area contributed by atoms with Gasteiger partial charge in [-0.3, -0.25) is 9.79 Å². The van der Waals surface area contributed by atoms with Crippen molar-refractivity contribution in [3.05, 3.63) is 35.4 Å². The third-order valence-corrected chi connectivity index (χ3v) is 4.78. The summed E-state index contributed by atoms with van der Waals surface area (Å²) < 4.78 is 43.6. The van der Waals surface area contributed by atoms with E-state index in [1.165, 1.54) is 19.2 Å². The van der Waals surface area contributed by atoms with E-state index in [2.05, 4.69) is 20.4 Å². The molecule has 1 aliphatic rings. The lowest BCUT2D eigenvalue weighted by Crippen LogP contribution is -2.49. The van der Waals surface area contributed by atoms with E-state index in [0.29, 0.717) is 24.6 Å². The van der Waals surface area contributed by atoms with E-state index in [0.717, 1.165) is 25.3 Å². The molecule has 2 N–H and O–H groups in total. The zero-order valence-corrected chi connectivity index (χ0v) is 17.7. The molecule has 0 amide bonds. The summed E-state index contributed by atoms with van der Waals surface area (Å²) in [5, 5.41) is 6.17. The summed E-state index contributed by atoms with van der Waals surface area (Å²) in [6, 6.07) is 5.55. The molecule has 0 bridgehead atoms. The minimum atomic E-state index is -4.35. The van der Waals surface area contributed by atoms with Crippen molar-refractivity contribution in [3.63, 3.8) is 0 Å². The summed E-state index contributed by atoms with van der Waals surface area (Å²) in [6.45, 7) is 0.842. The van der Waals surface area contributed by atoms with Crippen LogP contribution in [-0.4, -0.2) is 39.2 Å². The van der Waals surface area contributed by atoms with Gasteiger partial charge in [0.1, 0.15) is 0 Å². The number of nitrogens with zero attached hydrogens (tertiary/aromatic N) is 1. The summed E-state index contributed by atoms with van der Waals surface area (Å²) in [7, 11) is 2.93. The fourth-order valence-electron chi connectivity index (χ4n) is 3.06. The zero-order chi connectivity index (χ0) is 19.2. The van der Waals surface area contributed by atoms with Gasteiger partial charge in [0.05, 0.1) is 19.1 Å². The van der Waals surface area contributed by atoms with Gasteiger partial charge >= 0.3 is 12.1 Å². The minimum absolute atomic E-state index is 0. The van der Waals surface area contributed by atoms with Crippen LogP contribution in [0.2, 0.25) is 0 Å². The van der Waals surface area contributed by atoms with Gasteiger partial charge in [-0.2, -0.15) is 13.2 Å². The fourth-order valence-corrected chi connectivity index (χ4v) is 3.06. The standard InChI is InChI=1S/C18H24F3N3O2.HI/c1-22-16(23-10-7-15(25)26-2)24-12-17(8-4-9-17)13-5-3-6-14(11-13)18(19,20)21;/h3,5-6,11H,4,7-10,12H2,1-2H3,(H2,22,23,24);1H. The summed E-state index contributed by atoms with van der Waals surface area (Å²) in [5.74, 6) is 0.180. The number of alkyl halides is 3. The van der Waals surface area contributed by atoms with Crippen LogP contribution in [0.4, 0.5) is 13.2 Å². The first-order valence-electron chi connectivity index (χ1n) is 8.50. The van der Waals surface area contributed by atoms with Crippen LogP contribution < -0.4 is 10.6 Å². The molecule has 1 fully saturated rings. The number of guanidine groups is 1. The van der Waals surface area contributed by atoms with E-state index in [4.69, 9.17) is 0 Å². The first-order chi connectivity index (χ1) is 12.3. The zero-order valence-electron chi connectivity index (χ0n) is 15.4. The Balaban J connectivity index is 0.00000364. The van der Waals surface area contributed by atoms with E-state index < -0.39 is 11.7 Å². The molecule has 2 rings (SSSR count). The van der Waals surface area contributed by atoms with Gasteiger partial charge in [-0.05, 0) is 24.5 Å². The number of ether oxygens (including phenoxy) is 1. The highest BCUT2D eigenvalue weighted by Crippen LogP contribution is 2.44. The summed E-state index contributed by atoms with van der Waals surface area (Å²) in [6.07, 6.45) is -1.52. The predicted molar refractivity (Wildman–Crippen MR) is 108 cm³/mol. The number of aliphatic imine (C=N–C) groups is 1. The maximum atomic E-state index is 13.0. The van der Waals surface area contributed by atoms with Crippen LogP contribution in [0.15, 0.2) is 29.3 Å². The average Bonchev–Trinajstić information content (AvgIpc) is 2.58. The Hall–Kier alpha value is -1.52. The molecule has 27 heavy (non-hydrogen) atoms. The van der Waals surface area contributed by atoms with Crippen molar-refractivity contribution >= 4 is 35.9 Å². The number of methoxy groups -OCH3 is 1. The monoisotopic (exact) mass is 499 g/mol.